The maximum absolute atomic E-state index is 12.6. The summed E-state index contributed by atoms with van der Waals surface area (Å²) < 4.78 is 0. The van der Waals surface area contributed by atoms with Crippen molar-refractivity contribution in [3.05, 3.63) is 40.3 Å². The molecule has 1 aliphatic heterocycles. The van der Waals surface area contributed by atoms with E-state index in [1.54, 1.807) is 18.2 Å². The van der Waals surface area contributed by atoms with Gasteiger partial charge in [0, 0.05) is 33.0 Å². The zero-order valence-electron chi connectivity index (χ0n) is 14.9. The molecule has 9 heteroatoms. The highest BCUT2D eigenvalue weighted by molar-refractivity contribution is 5.92. The Morgan fingerprint density at radius 3 is 2.85 bits per heavy atom. The summed E-state index contributed by atoms with van der Waals surface area (Å²) in [4.78, 5) is 57.0. The fourth-order valence-corrected chi connectivity index (χ4v) is 3.10. The largest absolute Gasteiger partial charge is 0.359 e. The van der Waals surface area contributed by atoms with Gasteiger partial charge in [0.1, 0.15) is 11.7 Å². The molecule has 0 unspecified atom stereocenters. The molecule has 0 radical (unpaired) electrons. The van der Waals surface area contributed by atoms with Crippen molar-refractivity contribution in [2.24, 2.45) is 0 Å². The Morgan fingerprint density at radius 1 is 1.30 bits per heavy atom. The van der Waals surface area contributed by atoms with Crippen LogP contribution in [0.1, 0.15) is 18.5 Å². The van der Waals surface area contributed by atoms with E-state index in [0.29, 0.717) is 24.1 Å². The predicted molar refractivity (Wildman–Crippen MR) is 97.9 cm³/mol. The molecule has 1 aromatic carbocycles. The van der Waals surface area contributed by atoms with Crippen LogP contribution in [-0.2, 0) is 20.8 Å². The van der Waals surface area contributed by atoms with Gasteiger partial charge in [-0.2, -0.15) is 0 Å². The zero-order chi connectivity index (χ0) is 19.4. The molecule has 0 aliphatic carbocycles. The Balaban J connectivity index is 1.72. The molecule has 0 spiro atoms. The van der Waals surface area contributed by atoms with Crippen LogP contribution in [0.3, 0.4) is 0 Å². The summed E-state index contributed by atoms with van der Waals surface area (Å²) in [5, 5.41) is 5.13. The van der Waals surface area contributed by atoms with E-state index in [9.17, 15) is 19.2 Å². The van der Waals surface area contributed by atoms with E-state index in [-0.39, 0.29) is 48.2 Å². The van der Waals surface area contributed by atoms with E-state index in [1.165, 1.54) is 11.9 Å². The summed E-state index contributed by atoms with van der Waals surface area (Å²) >= 11 is 0. The SMILES string of the molecule is CNC(=O)C[C@H]1C(=O)NCCN1C(=O)CCc1nc2ccccc2[nH]c1=O. The van der Waals surface area contributed by atoms with Crippen molar-refractivity contribution in [1.82, 2.24) is 25.5 Å². The molecular formula is C18H21N5O4. The van der Waals surface area contributed by atoms with E-state index in [0.717, 1.165) is 0 Å². The predicted octanol–water partition coefficient (Wildman–Crippen LogP) is -0.681. The number of carbonyl (C=O) groups is 3. The number of rotatable bonds is 5. The fourth-order valence-electron chi connectivity index (χ4n) is 3.10. The summed E-state index contributed by atoms with van der Waals surface area (Å²) in [6.45, 7) is 0.664. The lowest BCUT2D eigenvalue weighted by atomic mass is 10.1. The molecule has 0 bridgehead atoms. The summed E-state index contributed by atoms with van der Waals surface area (Å²) in [6, 6.07) is 6.32. The molecule has 1 aliphatic rings. The molecule has 1 aromatic heterocycles. The molecule has 9 nitrogen and oxygen atoms in total. The normalized spacial score (nSPS) is 16.9. The Hall–Kier alpha value is -3.23. The minimum atomic E-state index is -0.839. The van der Waals surface area contributed by atoms with Crippen LogP contribution in [0.25, 0.3) is 11.0 Å². The molecule has 3 rings (SSSR count). The van der Waals surface area contributed by atoms with Gasteiger partial charge >= 0.3 is 0 Å². The van der Waals surface area contributed by atoms with Gasteiger partial charge in [0.05, 0.1) is 17.5 Å². The van der Waals surface area contributed by atoms with Crippen LogP contribution in [0.4, 0.5) is 0 Å². The summed E-state index contributed by atoms with van der Waals surface area (Å²) in [6.07, 6.45) is 0.0959. The maximum Gasteiger partial charge on any atom is 0.270 e. The van der Waals surface area contributed by atoms with Crippen LogP contribution in [0, 0.1) is 0 Å². The minimum Gasteiger partial charge on any atom is -0.359 e. The molecule has 2 aromatic rings. The minimum absolute atomic E-state index is 0.0337. The number of piperazine rings is 1. The number of benzene rings is 1. The summed E-state index contributed by atoms with van der Waals surface area (Å²) in [5.41, 5.74) is 1.22. The zero-order valence-corrected chi connectivity index (χ0v) is 14.9. The van der Waals surface area contributed by atoms with E-state index < -0.39 is 6.04 Å². The number of aromatic amines is 1. The number of carbonyl (C=O) groups excluding carboxylic acids is 3. The molecular weight excluding hydrogens is 350 g/mol. The van der Waals surface area contributed by atoms with E-state index in [4.69, 9.17) is 0 Å². The molecule has 1 atom stereocenters. The van der Waals surface area contributed by atoms with Gasteiger partial charge in [-0.25, -0.2) is 4.98 Å². The lowest BCUT2D eigenvalue weighted by molar-refractivity contribution is -0.145. The standard InChI is InChI=1S/C18H21N5O4/c1-19-15(24)10-14-18(27)20-8-9-23(14)16(25)7-6-13-17(26)22-12-5-3-2-4-11(12)21-13/h2-5,14H,6-10H2,1H3,(H,19,24)(H,20,27)(H,22,26)/t14-/m0/s1. The first-order valence-electron chi connectivity index (χ1n) is 8.75. The average molecular weight is 371 g/mol. The number of aromatic nitrogens is 2. The summed E-state index contributed by atoms with van der Waals surface area (Å²) in [7, 11) is 1.48. The van der Waals surface area contributed by atoms with Gasteiger partial charge in [-0.15, -0.1) is 0 Å². The van der Waals surface area contributed by atoms with E-state index in [2.05, 4.69) is 20.6 Å². The Morgan fingerprint density at radius 2 is 2.07 bits per heavy atom. The van der Waals surface area contributed by atoms with Crippen molar-refractivity contribution in [3.8, 4) is 0 Å². The first-order valence-corrected chi connectivity index (χ1v) is 8.75. The lowest BCUT2D eigenvalue weighted by Crippen LogP contribution is -2.58. The second-order valence-electron chi connectivity index (χ2n) is 6.30. The van der Waals surface area contributed by atoms with Crippen molar-refractivity contribution in [2.45, 2.75) is 25.3 Å². The highest BCUT2D eigenvalue weighted by atomic mass is 16.2. The Bertz CT molecular complexity index is 939. The molecule has 142 valence electrons. The molecule has 3 amide bonds. The third-order valence-corrected chi connectivity index (χ3v) is 4.55. The molecule has 1 fully saturated rings. The quantitative estimate of drug-likeness (QED) is 0.642. The topological polar surface area (TPSA) is 124 Å². The first-order chi connectivity index (χ1) is 13.0. The van der Waals surface area contributed by atoms with Crippen LogP contribution in [0.15, 0.2) is 29.1 Å². The van der Waals surface area contributed by atoms with Crippen LogP contribution < -0.4 is 16.2 Å². The van der Waals surface area contributed by atoms with Gasteiger partial charge in [0.25, 0.3) is 5.56 Å². The van der Waals surface area contributed by atoms with Gasteiger partial charge in [-0.3, -0.25) is 19.2 Å². The second-order valence-corrected chi connectivity index (χ2v) is 6.30. The van der Waals surface area contributed by atoms with Crippen molar-refractivity contribution in [2.75, 3.05) is 20.1 Å². The van der Waals surface area contributed by atoms with Gasteiger partial charge in [-0.1, -0.05) is 12.1 Å². The van der Waals surface area contributed by atoms with Crippen LogP contribution >= 0.6 is 0 Å². The Labute approximate surface area is 155 Å². The van der Waals surface area contributed by atoms with Crippen molar-refractivity contribution in [1.29, 1.82) is 0 Å². The number of aryl methyl sites for hydroxylation is 1. The first kappa shape index (κ1) is 18.6. The van der Waals surface area contributed by atoms with Gasteiger partial charge in [-0.05, 0) is 12.1 Å². The number of amides is 3. The number of nitrogens with one attached hydrogen (secondary N) is 3. The van der Waals surface area contributed by atoms with E-state index in [1.807, 2.05) is 6.07 Å². The third-order valence-electron chi connectivity index (χ3n) is 4.55. The number of hydrogen-bond acceptors (Lipinski definition) is 5. The number of nitrogens with zero attached hydrogens (tertiary/aromatic N) is 2. The van der Waals surface area contributed by atoms with Crippen molar-refractivity contribution in [3.63, 3.8) is 0 Å². The average Bonchev–Trinajstić information content (AvgIpc) is 2.67. The lowest BCUT2D eigenvalue weighted by Gasteiger charge is -2.34. The van der Waals surface area contributed by atoms with Crippen LogP contribution in [0.2, 0.25) is 0 Å². The smallest absolute Gasteiger partial charge is 0.270 e. The summed E-state index contributed by atoms with van der Waals surface area (Å²) in [5.74, 6) is -0.949. The molecule has 0 saturated carbocycles. The number of fused-ring (bicyclic) bond motifs is 1. The third kappa shape index (κ3) is 4.13. The number of hydrogen-bond donors (Lipinski definition) is 3. The van der Waals surface area contributed by atoms with Crippen LogP contribution in [-0.4, -0.2) is 58.8 Å². The molecule has 1 saturated heterocycles. The fraction of sp³-hybridized carbons (Fsp3) is 0.389. The van der Waals surface area contributed by atoms with Gasteiger partial charge in [0.2, 0.25) is 17.7 Å². The van der Waals surface area contributed by atoms with E-state index >= 15 is 0 Å². The highest BCUT2D eigenvalue weighted by Crippen LogP contribution is 2.12. The second kappa shape index (κ2) is 7.98. The van der Waals surface area contributed by atoms with Gasteiger partial charge < -0.3 is 20.5 Å². The molecule has 27 heavy (non-hydrogen) atoms. The van der Waals surface area contributed by atoms with Crippen molar-refractivity contribution < 1.29 is 14.4 Å². The highest BCUT2D eigenvalue weighted by Gasteiger charge is 2.34. The molecule has 3 N–H and O–H groups in total. The molecule has 2 heterocycles. The van der Waals surface area contributed by atoms with Crippen LogP contribution in [0.5, 0.6) is 0 Å². The Kier molecular flexibility index (Phi) is 5.49. The maximum atomic E-state index is 12.6. The van der Waals surface area contributed by atoms with Crippen molar-refractivity contribution >= 4 is 28.8 Å². The van der Waals surface area contributed by atoms with Gasteiger partial charge in [0.15, 0.2) is 0 Å². The number of para-hydroxylation sites is 2. The monoisotopic (exact) mass is 371 g/mol. The number of H-pyrrole nitrogens is 1.